The molecule has 0 aromatic heterocycles. The second kappa shape index (κ2) is 8.00. The van der Waals surface area contributed by atoms with Gasteiger partial charge in [0, 0.05) is 21.8 Å². The highest BCUT2D eigenvalue weighted by atomic mass is 79.9. The summed E-state index contributed by atoms with van der Waals surface area (Å²) in [5, 5.41) is 0.505. The molecule has 2 saturated heterocycles. The maximum atomic E-state index is 12.5. The summed E-state index contributed by atoms with van der Waals surface area (Å²) in [7, 11) is -3.07. The molecule has 2 aliphatic heterocycles. The van der Waals surface area contributed by atoms with Gasteiger partial charge in [0.1, 0.15) is 0 Å². The number of thioether (sulfide) groups is 1. The first-order valence-corrected chi connectivity index (χ1v) is 12.5. The number of hydrogen-bond donors (Lipinski definition) is 0. The van der Waals surface area contributed by atoms with Gasteiger partial charge in [-0.25, -0.2) is 8.42 Å². The van der Waals surface area contributed by atoms with E-state index in [9.17, 15) is 13.2 Å². The van der Waals surface area contributed by atoms with Gasteiger partial charge in [0.05, 0.1) is 17.5 Å². The zero-order valence-electron chi connectivity index (χ0n) is 15.0. The van der Waals surface area contributed by atoms with E-state index in [1.807, 2.05) is 59.5 Å². The van der Waals surface area contributed by atoms with Gasteiger partial charge < -0.3 is 4.90 Å². The van der Waals surface area contributed by atoms with Gasteiger partial charge in [-0.2, -0.15) is 4.99 Å². The zero-order chi connectivity index (χ0) is 19.7. The fraction of sp³-hybridized carbons (Fsp3) is 0.300. The molecule has 28 heavy (non-hydrogen) atoms. The van der Waals surface area contributed by atoms with Crippen LogP contribution in [0.1, 0.15) is 12.0 Å². The molecule has 2 aromatic carbocycles. The Morgan fingerprint density at radius 3 is 2.68 bits per heavy atom. The molecule has 0 N–H and O–H groups in total. The van der Waals surface area contributed by atoms with E-state index in [-0.39, 0.29) is 28.7 Å². The highest BCUT2D eigenvalue weighted by Gasteiger charge is 2.49. The van der Waals surface area contributed by atoms with Crippen LogP contribution in [0.3, 0.4) is 0 Å². The number of sulfone groups is 1. The van der Waals surface area contributed by atoms with Gasteiger partial charge in [0.2, 0.25) is 5.91 Å². The highest BCUT2D eigenvalue weighted by Crippen LogP contribution is 2.41. The number of nitrogens with zero attached hydrogens (tertiary/aromatic N) is 2. The monoisotopic (exact) mass is 478 g/mol. The molecule has 5 nitrogen and oxygen atoms in total. The van der Waals surface area contributed by atoms with E-state index < -0.39 is 9.84 Å². The van der Waals surface area contributed by atoms with Crippen LogP contribution in [0.25, 0.3) is 0 Å². The molecule has 0 saturated carbocycles. The van der Waals surface area contributed by atoms with Crippen LogP contribution in [0.5, 0.6) is 0 Å². The third-order valence-corrected chi connectivity index (χ3v) is 8.55. The molecule has 2 aromatic rings. The minimum atomic E-state index is -3.07. The summed E-state index contributed by atoms with van der Waals surface area (Å²) in [6.07, 6.45) is 0.966. The highest BCUT2D eigenvalue weighted by molar-refractivity contribution is 9.10. The molecule has 0 aliphatic carbocycles. The predicted molar refractivity (Wildman–Crippen MR) is 118 cm³/mol. The summed E-state index contributed by atoms with van der Waals surface area (Å²) in [4.78, 5) is 18.8. The van der Waals surface area contributed by atoms with Crippen LogP contribution in [0.15, 0.2) is 64.1 Å². The van der Waals surface area contributed by atoms with Crippen LogP contribution in [0.2, 0.25) is 0 Å². The Balaban J connectivity index is 1.58. The van der Waals surface area contributed by atoms with Gasteiger partial charge in [-0.1, -0.05) is 64.1 Å². The number of carbonyl (C=O) groups is 1. The number of fused-ring (bicyclic) bond motifs is 1. The Hall–Kier alpha value is -1.64. The molecule has 2 heterocycles. The molecule has 8 heteroatoms. The minimum Gasteiger partial charge on any atom is -0.316 e. The van der Waals surface area contributed by atoms with Crippen molar-refractivity contribution in [2.75, 3.05) is 16.4 Å². The van der Waals surface area contributed by atoms with Crippen molar-refractivity contribution in [1.82, 2.24) is 0 Å². The van der Waals surface area contributed by atoms with E-state index in [1.54, 1.807) is 0 Å². The third kappa shape index (κ3) is 4.34. The average Bonchev–Trinajstić information content (AvgIpc) is 3.11. The summed E-state index contributed by atoms with van der Waals surface area (Å²) in [6.45, 7) is 0. The van der Waals surface area contributed by atoms with Crippen LogP contribution in [-0.4, -0.2) is 42.3 Å². The first-order chi connectivity index (χ1) is 13.4. The van der Waals surface area contributed by atoms with E-state index in [2.05, 4.69) is 20.9 Å². The number of rotatable bonds is 4. The van der Waals surface area contributed by atoms with Gasteiger partial charge in [-0.3, -0.25) is 4.79 Å². The quantitative estimate of drug-likeness (QED) is 0.670. The normalized spacial score (nSPS) is 24.5. The summed E-state index contributed by atoms with van der Waals surface area (Å²) in [5.74, 6) is 0.0348. The third-order valence-electron chi connectivity index (χ3n) is 4.84. The fourth-order valence-corrected chi connectivity index (χ4v) is 7.87. The van der Waals surface area contributed by atoms with Crippen LogP contribution >= 0.6 is 27.7 Å². The number of aliphatic imine (C=N–C) groups is 1. The number of benzene rings is 2. The standard InChI is InChI=1S/C20H19BrN2O3S2/c21-15-7-4-8-16(11-15)23-17-12-28(25,26)13-18(17)27-20(23)22-19(24)10-9-14-5-2-1-3-6-14/h1-8,11,17-18H,9-10,12-13H2/t17-,18+/m1/s1. The Morgan fingerprint density at radius 1 is 1.14 bits per heavy atom. The number of halogens is 1. The van der Waals surface area contributed by atoms with Gasteiger partial charge in [-0.15, -0.1) is 0 Å². The SMILES string of the molecule is O=C(CCc1ccccc1)N=C1S[C@H]2CS(=O)(=O)C[C@H]2N1c1cccc(Br)c1. The summed E-state index contributed by atoms with van der Waals surface area (Å²) >= 11 is 4.87. The van der Waals surface area contributed by atoms with Crippen LogP contribution in [-0.2, 0) is 21.1 Å². The number of amidine groups is 1. The molecule has 4 rings (SSSR count). The molecule has 146 valence electrons. The van der Waals surface area contributed by atoms with Crippen molar-refractivity contribution in [3.05, 3.63) is 64.6 Å². The van der Waals surface area contributed by atoms with Gasteiger partial charge >= 0.3 is 0 Å². The summed E-state index contributed by atoms with van der Waals surface area (Å²) < 4.78 is 25.1. The Kier molecular flexibility index (Phi) is 5.62. The lowest BCUT2D eigenvalue weighted by molar-refractivity contribution is -0.117. The molecule has 2 atom stereocenters. The van der Waals surface area contributed by atoms with Gasteiger partial charge in [-0.05, 0) is 30.2 Å². The number of carbonyl (C=O) groups excluding carboxylic acids is 1. The first kappa shape index (κ1) is 19.7. The molecule has 1 amide bonds. The van der Waals surface area contributed by atoms with Crippen molar-refractivity contribution in [2.45, 2.75) is 24.1 Å². The lowest BCUT2D eigenvalue weighted by Gasteiger charge is -2.24. The van der Waals surface area contributed by atoms with Crippen molar-refractivity contribution in [3.8, 4) is 0 Å². The molecular formula is C20H19BrN2O3S2. The molecule has 2 aliphatic rings. The average molecular weight is 479 g/mol. The molecule has 0 radical (unpaired) electrons. The van der Waals surface area contributed by atoms with Crippen molar-refractivity contribution >= 4 is 54.3 Å². The van der Waals surface area contributed by atoms with Crippen molar-refractivity contribution < 1.29 is 13.2 Å². The summed E-state index contributed by atoms with van der Waals surface area (Å²) in [5.41, 5.74) is 1.95. The van der Waals surface area contributed by atoms with Crippen molar-refractivity contribution in [3.63, 3.8) is 0 Å². The predicted octanol–water partition coefficient (Wildman–Crippen LogP) is 3.68. The maximum absolute atomic E-state index is 12.5. The van der Waals surface area contributed by atoms with Crippen LogP contribution < -0.4 is 4.90 Å². The molecular weight excluding hydrogens is 460 g/mol. The maximum Gasteiger partial charge on any atom is 0.248 e. The molecule has 0 bridgehead atoms. The largest absolute Gasteiger partial charge is 0.316 e. The lowest BCUT2D eigenvalue weighted by Crippen LogP contribution is -2.37. The van der Waals surface area contributed by atoms with Crippen molar-refractivity contribution in [2.24, 2.45) is 4.99 Å². The Bertz CT molecular complexity index is 1020. The number of amides is 1. The molecule has 0 unspecified atom stereocenters. The van der Waals surface area contributed by atoms with E-state index in [0.29, 0.717) is 18.0 Å². The fourth-order valence-electron chi connectivity index (χ4n) is 3.55. The first-order valence-electron chi connectivity index (χ1n) is 8.99. The van der Waals surface area contributed by atoms with Crippen LogP contribution in [0, 0.1) is 0 Å². The van der Waals surface area contributed by atoms with E-state index in [1.165, 1.54) is 11.8 Å². The Morgan fingerprint density at radius 2 is 1.93 bits per heavy atom. The number of aryl methyl sites for hydroxylation is 1. The van der Waals surface area contributed by atoms with E-state index in [0.717, 1.165) is 15.7 Å². The lowest BCUT2D eigenvalue weighted by atomic mass is 10.1. The second-order valence-electron chi connectivity index (χ2n) is 6.92. The number of hydrogen-bond acceptors (Lipinski definition) is 4. The van der Waals surface area contributed by atoms with Crippen molar-refractivity contribution in [1.29, 1.82) is 0 Å². The molecule has 0 spiro atoms. The Labute approximate surface area is 177 Å². The number of anilines is 1. The zero-order valence-corrected chi connectivity index (χ0v) is 18.2. The summed E-state index contributed by atoms with van der Waals surface area (Å²) in [6, 6.07) is 17.3. The smallest absolute Gasteiger partial charge is 0.248 e. The second-order valence-corrected chi connectivity index (χ2v) is 11.2. The van der Waals surface area contributed by atoms with Gasteiger partial charge in [0.15, 0.2) is 15.0 Å². The van der Waals surface area contributed by atoms with E-state index >= 15 is 0 Å². The topological polar surface area (TPSA) is 66.8 Å². The van der Waals surface area contributed by atoms with E-state index in [4.69, 9.17) is 0 Å². The van der Waals surface area contributed by atoms with Gasteiger partial charge in [0.25, 0.3) is 0 Å². The molecule has 2 fully saturated rings. The minimum absolute atomic E-state index is 0.0917. The van der Waals surface area contributed by atoms with Crippen LogP contribution in [0.4, 0.5) is 5.69 Å².